The maximum absolute atomic E-state index is 12.0. The average molecular weight is 281 g/mol. The molecule has 1 N–H and O–H groups in total. The number of furan rings is 1. The number of carbonyl (C=O) groups excluding carboxylic acids is 1. The van der Waals surface area contributed by atoms with Crippen molar-refractivity contribution in [3.8, 4) is 11.3 Å². The lowest BCUT2D eigenvalue weighted by Gasteiger charge is -2.05. The summed E-state index contributed by atoms with van der Waals surface area (Å²) in [4.78, 5) is 16.4. The summed E-state index contributed by atoms with van der Waals surface area (Å²) in [5, 5.41) is 2.81. The van der Waals surface area contributed by atoms with Gasteiger partial charge in [0.05, 0.1) is 12.0 Å². The van der Waals surface area contributed by atoms with E-state index in [9.17, 15) is 4.79 Å². The van der Waals surface area contributed by atoms with E-state index in [1.807, 2.05) is 49.0 Å². The van der Waals surface area contributed by atoms with E-state index in [-0.39, 0.29) is 11.7 Å². The molecule has 3 rings (SSSR count). The Kier molecular flexibility index (Phi) is 3.31. The third kappa shape index (κ3) is 2.72. The van der Waals surface area contributed by atoms with Crippen molar-refractivity contribution in [1.29, 1.82) is 0 Å². The fourth-order valence-corrected chi connectivity index (χ4v) is 2.05. The molecule has 3 aromatic rings. The Balaban J connectivity index is 1.85. The van der Waals surface area contributed by atoms with E-state index in [0.29, 0.717) is 5.69 Å². The van der Waals surface area contributed by atoms with Gasteiger partial charge in [-0.25, -0.2) is 4.98 Å². The second-order valence-corrected chi connectivity index (χ2v) is 4.80. The van der Waals surface area contributed by atoms with Gasteiger partial charge in [-0.3, -0.25) is 4.79 Å². The zero-order valence-corrected chi connectivity index (χ0v) is 11.8. The Labute approximate surface area is 122 Å². The fraction of sp³-hybridized carbons (Fsp3) is 0.125. The minimum Gasteiger partial charge on any atom is -0.459 e. The normalized spacial score (nSPS) is 10.6. The lowest BCUT2D eigenvalue weighted by atomic mass is 10.1. The molecule has 0 bridgehead atoms. The van der Waals surface area contributed by atoms with Gasteiger partial charge in [-0.15, -0.1) is 0 Å². The van der Waals surface area contributed by atoms with Crippen LogP contribution in [0.5, 0.6) is 0 Å². The van der Waals surface area contributed by atoms with Crippen LogP contribution in [0.25, 0.3) is 11.3 Å². The molecule has 21 heavy (non-hydrogen) atoms. The molecule has 5 heteroatoms. The lowest BCUT2D eigenvalue weighted by molar-refractivity contribution is 0.0996. The highest BCUT2D eigenvalue weighted by molar-refractivity contribution is 6.02. The van der Waals surface area contributed by atoms with Crippen LogP contribution in [-0.2, 0) is 7.05 Å². The molecule has 0 fully saturated rings. The van der Waals surface area contributed by atoms with Crippen LogP contribution < -0.4 is 5.32 Å². The number of anilines is 1. The maximum Gasteiger partial charge on any atom is 0.291 e. The van der Waals surface area contributed by atoms with Crippen molar-refractivity contribution in [2.75, 3.05) is 5.32 Å². The third-order valence-corrected chi connectivity index (χ3v) is 3.27. The van der Waals surface area contributed by atoms with Crippen molar-refractivity contribution in [3.05, 3.63) is 60.4 Å². The molecular weight excluding hydrogens is 266 g/mol. The molecule has 0 unspecified atom stereocenters. The summed E-state index contributed by atoms with van der Waals surface area (Å²) in [7, 11) is 1.95. The quantitative estimate of drug-likeness (QED) is 0.801. The first-order valence-electron chi connectivity index (χ1n) is 6.59. The molecule has 0 atom stereocenters. The van der Waals surface area contributed by atoms with Crippen LogP contribution in [-0.4, -0.2) is 15.5 Å². The molecule has 1 aromatic carbocycles. The van der Waals surface area contributed by atoms with Gasteiger partial charge in [-0.05, 0) is 31.2 Å². The van der Waals surface area contributed by atoms with Gasteiger partial charge in [0.15, 0.2) is 5.76 Å². The summed E-state index contributed by atoms with van der Waals surface area (Å²) >= 11 is 0. The Hall–Kier alpha value is -2.82. The van der Waals surface area contributed by atoms with Gasteiger partial charge in [0.1, 0.15) is 5.82 Å². The van der Waals surface area contributed by atoms with Gasteiger partial charge in [0, 0.05) is 24.5 Å². The summed E-state index contributed by atoms with van der Waals surface area (Å²) in [6, 6.07) is 10.9. The predicted molar refractivity (Wildman–Crippen MR) is 80.0 cm³/mol. The molecule has 0 aliphatic rings. The highest BCUT2D eigenvalue weighted by Gasteiger charge is 2.10. The number of nitrogens with one attached hydrogen (secondary N) is 1. The van der Waals surface area contributed by atoms with Crippen molar-refractivity contribution in [3.63, 3.8) is 0 Å². The van der Waals surface area contributed by atoms with E-state index >= 15 is 0 Å². The van der Waals surface area contributed by atoms with Gasteiger partial charge in [-0.2, -0.15) is 0 Å². The van der Waals surface area contributed by atoms with Crippen molar-refractivity contribution >= 4 is 11.6 Å². The Morgan fingerprint density at radius 3 is 2.81 bits per heavy atom. The molecule has 0 radical (unpaired) electrons. The number of nitrogens with zero attached hydrogens (tertiary/aromatic N) is 2. The van der Waals surface area contributed by atoms with Gasteiger partial charge in [0.2, 0.25) is 0 Å². The monoisotopic (exact) mass is 281 g/mol. The average Bonchev–Trinajstić information content (AvgIpc) is 3.10. The smallest absolute Gasteiger partial charge is 0.291 e. The van der Waals surface area contributed by atoms with E-state index in [4.69, 9.17) is 4.42 Å². The second-order valence-electron chi connectivity index (χ2n) is 4.80. The van der Waals surface area contributed by atoms with E-state index in [1.54, 1.807) is 12.1 Å². The van der Waals surface area contributed by atoms with Crippen LogP contribution in [0.15, 0.2) is 53.3 Å². The van der Waals surface area contributed by atoms with E-state index in [0.717, 1.165) is 17.1 Å². The summed E-state index contributed by atoms with van der Waals surface area (Å²) in [5.74, 6) is 0.957. The van der Waals surface area contributed by atoms with Crippen molar-refractivity contribution in [2.45, 2.75) is 6.92 Å². The number of imidazole rings is 1. The Bertz CT molecular complexity index is 753. The number of benzene rings is 1. The lowest BCUT2D eigenvalue weighted by Crippen LogP contribution is -2.10. The van der Waals surface area contributed by atoms with Crippen LogP contribution in [0.1, 0.15) is 16.4 Å². The van der Waals surface area contributed by atoms with Crippen molar-refractivity contribution in [2.24, 2.45) is 7.05 Å². The molecular formula is C16H15N3O2. The summed E-state index contributed by atoms with van der Waals surface area (Å²) in [6.07, 6.45) is 3.44. The first-order chi connectivity index (χ1) is 10.1. The molecule has 0 aliphatic carbocycles. The zero-order chi connectivity index (χ0) is 14.8. The topological polar surface area (TPSA) is 60.1 Å². The molecule has 0 saturated carbocycles. The van der Waals surface area contributed by atoms with Gasteiger partial charge >= 0.3 is 0 Å². The highest BCUT2D eigenvalue weighted by atomic mass is 16.3. The molecule has 1 amide bonds. The minimum atomic E-state index is -0.269. The third-order valence-electron chi connectivity index (χ3n) is 3.27. The number of aryl methyl sites for hydroxylation is 2. The van der Waals surface area contributed by atoms with Gasteiger partial charge in [0.25, 0.3) is 5.91 Å². The molecule has 5 nitrogen and oxygen atoms in total. The van der Waals surface area contributed by atoms with Crippen molar-refractivity contribution < 1.29 is 9.21 Å². The van der Waals surface area contributed by atoms with E-state index in [2.05, 4.69) is 10.3 Å². The first kappa shape index (κ1) is 13.2. The highest BCUT2D eigenvalue weighted by Crippen LogP contribution is 2.22. The van der Waals surface area contributed by atoms with Crippen molar-refractivity contribution in [1.82, 2.24) is 9.55 Å². The molecule has 2 heterocycles. The molecule has 0 saturated heterocycles. The Morgan fingerprint density at radius 1 is 1.29 bits per heavy atom. The number of hydrogen-bond acceptors (Lipinski definition) is 3. The van der Waals surface area contributed by atoms with Gasteiger partial charge in [-0.1, -0.05) is 12.1 Å². The van der Waals surface area contributed by atoms with Gasteiger partial charge < -0.3 is 14.3 Å². The number of carbonyl (C=O) groups is 1. The Morgan fingerprint density at radius 2 is 2.14 bits per heavy atom. The minimum absolute atomic E-state index is 0.269. The molecule has 2 aromatic heterocycles. The maximum atomic E-state index is 12.0. The molecule has 0 aliphatic heterocycles. The SMILES string of the molecule is Cc1nc(-c2cccc(NC(=O)c3ccco3)c2)cn1C. The van der Waals surface area contributed by atoms with Crippen LogP contribution in [0, 0.1) is 6.92 Å². The fourth-order valence-electron chi connectivity index (χ4n) is 2.05. The number of amides is 1. The largest absolute Gasteiger partial charge is 0.459 e. The van der Waals surface area contributed by atoms with Crippen LogP contribution in [0.4, 0.5) is 5.69 Å². The molecule has 106 valence electrons. The van der Waals surface area contributed by atoms with E-state index < -0.39 is 0 Å². The summed E-state index contributed by atoms with van der Waals surface area (Å²) < 4.78 is 7.04. The van der Waals surface area contributed by atoms with E-state index in [1.165, 1.54) is 6.26 Å². The zero-order valence-electron chi connectivity index (χ0n) is 11.8. The summed E-state index contributed by atoms with van der Waals surface area (Å²) in [6.45, 7) is 1.95. The second kappa shape index (κ2) is 5.28. The number of rotatable bonds is 3. The number of aromatic nitrogens is 2. The van der Waals surface area contributed by atoms with Crippen LogP contribution in [0.3, 0.4) is 0 Å². The summed E-state index contributed by atoms with van der Waals surface area (Å²) in [5.41, 5.74) is 2.54. The number of hydrogen-bond donors (Lipinski definition) is 1. The first-order valence-corrected chi connectivity index (χ1v) is 6.59. The predicted octanol–water partition coefficient (Wildman–Crippen LogP) is 3.24. The molecule has 0 spiro atoms. The standard InChI is InChI=1S/C16H15N3O2/c1-11-17-14(10-19(11)2)12-5-3-6-13(9-12)18-16(20)15-7-4-8-21-15/h3-10H,1-2H3,(H,18,20). The van der Waals surface area contributed by atoms with Crippen LogP contribution in [0.2, 0.25) is 0 Å². The van der Waals surface area contributed by atoms with Crippen LogP contribution >= 0.6 is 0 Å².